The van der Waals surface area contributed by atoms with Crippen LogP contribution in [0.1, 0.15) is 15.9 Å². The number of aromatic nitrogens is 2. The van der Waals surface area contributed by atoms with Crippen LogP contribution in [0.4, 0.5) is 5.82 Å². The molecule has 2 heterocycles. The molecule has 3 aromatic rings. The summed E-state index contributed by atoms with van der Waals surface area (Å²) in [5.41, 5.74) is 1.52. The molecule has 0 saturated heterocycles. The molecule has 110 valence electrons. The van der Waals surface area contributed by atoms with Gasteiger partial charge in [-0.25, -0.2) is 9.78 Å². The zero-order chi connectivity index (χ0) is 15.4. The zero-order valence-electron chi connectivity index (χ0n) is 12.1. The highest BCUT2D eigenvalue weighted by Gasteiger charge is 2.13. The molecule has 22 heavy (non-hydrogen) atoms. The number of nitrogens with zero attached hydrogens (tertiary/aromatic N) is 2. The van der Waals surface area contributed by atoms with Crippen LogP contribution in [0.25, 0.3) is 10.8 Å². The van der Waals surface area contributed by atoms with Gasteiger partial charge in [0, 0.05) is 35.9 Å². The number of hydrogen-bond acceptors (Lipinski definition) is 5. The van der Waals surface area contributed by atoms with Gasteiger partial charge in [-0.1, -0.05) is 30.3 Å². The zero-order valence-corrected chi connectivity index (χ0v) is 12.1. The van der Waals surface area contributed by atoms with E-state index in [4.69, 9.17) is 4.74 Å². The predicted molar refractivity (Wildman–Crippen MR) is 84.6 cm³/mol. The molecule has 0 aliphatic carbocycles. The van der Waals surface area contributed by atoms with E-state index in [0.717, 1.165) is 22.2 Å². The van der Waals surface area contributed by atoms with Crippen LogP contribution in [-0.2, 0) is 11.3 Å². The van der Waals surface area contributed by atoms with E-state index in [-0.39, 0.29) is 5.97 Å². The lowest BCUT2D eigenvalue weighted by molar-refractivity contribution is 0.0602. The average molecular weight is 293 g/mol. The van der Waals surface area contributed by atoms with Crippen molar-refractivity contribution >= 4 is 22.6 Å². The summed E-state index contributed by atoms with van der Waals surface area (Å²) in [5.74, 6) is 0.342. The fourth-order valence-electron chi connectivity index (χ4n) is 2.29. The van der Waals surface area contributed by atoms with E-state index in [9.17, 15) is 4.79 Å². The van der Waals surface area contributed by atoms with Gasteiger partial charge in [-0.15, -0.1) is 0 Å². The van der Waals surface area contributed by atoms with Crippen molar-refractivity contribution in [2.45, 2.75) is 6.54 Å². The third-order valence-electron chi connectivity index (χ3n) is 3.38. The van der Waals surface area contributed by atoms with Gasteiger partial charge in [-0.2, -0.15) is 0 Å². The summed E-state index contributed by atoms with van der Waals surface area (Å²) in [7, 11) is 1.37. The highest BCUT2D eigenvalue weighted by Crippen LogP contribution is 2.25. The Morgan fingerprint density at radius 1 is 1.14 bits per heavy atom. The number of anilines is 1. The summed E-state index contributed by atoms with van der Waals surface area (Å²) < 4.78 is 4.81. The molecule has 0 amide bonds. The molecule has 0 atom stereocenters. The molecular weight excluding hydrogens is 278 g/mol. The molecule has 1 aromatic carbocycles. The lowest BCUT2D eigenvalue weighted by atomic mass is 10.1. The third kappa shape index (κ3) is 2.74. The second-order valence-corrected chi connectivity index (χ2v) is 4.77. The highest BCUT2D eigenvalue weighted by molar-refractivity contribution is 6.07. The Labute approximate surface area is 128 Å². The SMILES string of the molecule is COC(=O)c1cnc(NCc2cccnc2)c2ccccc12. The summed E-state index contributed by atoms with van der Waals surface area (Å²) in [6, 6.07) is 11.5. The number of carbonyl (C=O) groups excluding carboxylic acids is 1. The molecule has 0 saturated carbocycles. The van der Waals surface area contributed by atoms with Crippen molar-refractivity contribution in [1.82, 2.24) is 9.97 Å². The Morgan fingerprint density at radius 3 is 2.68 bits per heavy atom. The molecule has 2 aromatic heterocycles. The van der Waals surface area contributed by atoms with Crippen LogP contribution in [0, 0.1) is 0 Å². The molecule has 0 bridgehead atoms. The van der Waals surface area contributed by atoms with Crippen molar-refractivity contribution in [2.75, 3.05) is 12.4 Å². The Kier molecular flexibility index (Phi) is 3.96. The number of ether oxygens (including phenoxy) is 1. The fourth-order valence-corrected chi connectivity index (χ4v) is 2.29. The highest BCUT2D eigenvalue weighted by atomic mass is 16.5. The van der Waals surface area contributed by atoms with Gasteiger partial charge >= 0.3 is 5.97 Å². The van der Waals surface area contributed by atoms with Gasteiger partial charge in [-0.3, -0.25) is 4.98 Å². The van der Waals surface area contributed by atoms with E-state index in [2.05, 4.69) is 15.3 Å². The topological polar surface area (TPSA) is 64.1 Å². The number of pyridine rings is 2. The van der Waals surface area contributed by atoms with Gasteiger partial charge in [0.1, 0.15) is 5.82 Å². The molecule has 5 nitrogen and oxygen atoms in total. The molecule has 0 unspecified atom stereocenters. The number of fused-ring (bicyclic) bond motifs is 1. The van der Waals surface area contributed by atoms with Crippen molar-refractivity contribution in [2.24, 2.45) is 0 Å². The minimum atomic E-state index is -0.387. The van der Waals surface area contributed by atoms with Gasteiger partial charge in [-0.05, 0) is 11.6 Å². The monoisotopic (exact) mass is 293 g/mol. The van der Waals surface area contributed by atoms with Crippen LogP contribution in [-0.4, -0.2) is 23.0 Å². The van der Waals surface area contributed by atoms with Crippen LogP contribution in [0.3, 0.4) is 0 Å². The smallest absolute Gasteiger partial charge is 0.340 e. The Bertz CT molecular complexity index is 803. The maximum absolute atomic E-state index is 11.8. The number of methoxy groups -OCH3 is 1. The van der Waals surface area contributed by atoms with E-state index in [1.807, 2.05) is 36.4 Å². The van der Waals surface area contributed by atoms with Crippen molar-refractivity contribution < 1.29 is 9.53 Å². The predicted octanol–water partition coefficient (Wildman–Crippen LogP) is 3.03. The Morgan fingerprint density at radius 2 is 1.95 bits per heavy atom. The van der Waals surface area contributed by atoms with Crippen LogP contribution < -0.4 is 5.32 Å². The summed E-state index contributed by atoms with van der Waals surface area (Å²) in [6.07, 6.45) is 5.08. The fraction of sp³-hybridized carbons (Fsp3) is 0.118. The first-order chi connectivity index (χ1) is 10.8. The van der Waals surface area contributed by atoms with E-state index in [1.165, 1.54) is 7.11 Å². The second-order valence-electron chi connectivity index (χ2n) is 4.77. The van der Waals surface area contributed by atoms with Crippen molar-refractivity contribution in [3.8, 4) is 0 Å². The van der Waals surface area contributed by atoms with Gasteiger partial charge in [0.25, 0.3) is 0 Å². The largest absolute Gasteiger partial charge is 0.465 e. The minimum absolute atomic E-state index is 0.387. The van der Waals surface area contributed by atoms with E-state index in [1.54, 1.807) is 18.6 Å². The molecule has 5 heteroatoms. The number of rotatable bonds is 4. The molecule has 0 fully saturated rings. The third-order valence-corrected chi connectivity index (χ3v) is 3.38. The second kappa shape index (κ2) is 6.22. The lowest BCUT2D eigenvalue weighted by Crippen LogP contribution is -2.06. The molecule has 0 aliphatic rings. The number of esters is 1. The van der Waals surface area contributed by atoms with Crippen molar-refractivity contribution in [3.05, 3.63) is 66.1 Å². The van der Waals surface area contributed by atoms with Gasteiger partial charge in [0.15, 0.2) is 0 Å². The number of benzene rings is 1. The molecule has 0 spiro atoms. The Hall–Kier alpha value is -2.95. The first-order valence-corrected chi connectivity index (χ1v) is 6.88. The van der Waals surface area contributed by atoms with Crippen LogP contribution >= 0.6 is 0 Å². The summed E-state index contributed by atoms with van der Waals surface area (Å²) >= 11 is 0. The molecule has 0 aliphatic heterocycles. The van der Waals surface area contributed by atoms with E-state index < -0.39 is 0 Å². The molecular formula is C17H15N3O2. The van der Waals surface area contributed by atoms with Crippen molar-refractivity contribution in [1.29, 1.82) is 0 Å². The first-order valence-electron chi connectivity index (χ1n) is 6.88. The lowest BCUT2D eigenvalue weighted by Gasteiger charge is -2.11. The molecule has 1 N–H and O–H groups in total. The maximum atomic E-state index is 11.8. The Balaban J connectivity index is 1.96. The van der Waals surface area contributed by atoms with E-state index in [0.29, 0.717) is 12.1 Å². The quantitative estimate of drug-likeness (QED) is 0.749. The standard InChI is InChI=1S/C17H15N3O2/c1-22-17(21)15-11-20-16(14-7-3-2-6-13(14)15)19-10-12-5-4-8-18-9-12/h2-9,11H,10H2,1H3,(H,19,20). The van der Waals surface area contributed by atoms with Gasteiger partial charge in [0.2, 0.25) is 0 Å². The average Bonchev–Trinajstić information content (AvgIpc) is 2.60. The van der Waals surface area contributed by atoms with E-state index >= 15 is 0 Å². The minimum Gasteiger partial charge on any atom is -0.465 e. The first kappa shape index (κ1) is 14.0. The van der Waals surface area contributed by atoms with Crippen molar-refractivity contribution in [3.63, 3.8) is 0 Å². The summed E-state index contributed by atoms with van der Waals surface area (Å²) in [5, 5.41) is 4.99. The molecule has 3 rings (SSSR count). The number of carbonyl (C=O) groups is 1. The van der Waals surface area contributed by atoms with Crippen LogP contribution in [0.5, 0.6) is 0 Å². The summed E-state index contributed by atoms with van der Waals surface area (Å²) in [4.78, 5) is 20.3. The normalized spacial score (nSPS) is 10.4. The van der Waals surface area contributed by atoms with Crippen LogP contribution in [0.2, 0.25) is 0 Å². The number of nitrogens with one attached hydrogen (secondary N) is 1. The molecule has 0 radical (unpaired) electrons. The van der Waals surface area contributed by atoms with Gasteiger partial charge in [0.05, 0.1) is 12.7 Å². The maximum Gasteiger partial charge on any atom is 0.340 e. The summed E-state index contributed by atoms with van der Waals surface area (Å²) in [6.45, 7) is 0.613. The van der Waals surface area contributed by atoms with Gasteiger partial charge < -0.3 is 10.1 Å². The van der Waals surface area contributed by atoms with Crippen LogP contribution in [0.15, 0.2) is 55.0 Å². The number of hydrogen-bond donors (Lipinski definition) is 1.